The van der Waals surface area contributed by atoms with Crippen LogP contribution in [0.15, 0.2) is 36.4 Å². The van der Waals surface area contributed by atoms with Crippen LogP contribution in [0.4, 0.5) is 22.0 Å². The lowest BCUT2D eigenvalue weighted by molar-refractivity contribution is -0.140. The van der Waals surface area contributed by atoms with E-state index >= 15 is 0 Å². The van der Waals surface area contributed by atoms with Gasteiger partial charge in [-0.25, -0.2) is 13.2 Å². The van der Waals surface area contributed by atoms with Gasteiger partial charge in [-0.2, -0.15) is 8.78 Å². The molecule has 206 valence electrons. The summed E-state index contributed by atoms with van der Waals surface area (Å²) in [6.45, 7) is 1.29. The first-order valence-corrected chi connectivity index (χ1v) is 13.4. The molecular weight excluding hydrogens is 503 g/mol. The van der Waals surface area contributed by atoms with E-state index in [0.29, 0.717) is 30.6 Å². The van der Waals surface area contributed by atoms with E-state index in [-0.39, 0.29) is 12.4 Å². The van der Waals surface area contributed by atoms with Gasteiger partial charge in [0.1, 0.15) is 6.67 Å². The number of carbonyl (C=O) groups excluding carboxylic acids is 1. The second-order valence-corrected chi connectivity index (χ2v) is 10.2. The van der Waals surface area contributed by atoms with Crippen LogP contribution in [0.3, 0.4) is 0 Å². The third-order valence-electron chi connectivity index (χ3n) is 7.98. The third-order valence-corrected chi connectivity index (χ3v) is 7.98. The topological polar surface area (TPSA) is 35.5 Å². The Labute approximate surface area is 220 Å². The van der Waals surface area contributed by atoms with Crippen molar-refractivity contribution in [3.05, 3.63) is 59.7 Å². The monoisotopic (exact) mass is 536 g/mol. The number of carbonyl (C=O) groups is 1. The highest BCUT2D eigenvalue weighted by Gasteiger charge is 2.34. The molecule has 0 bridgehead atoms. The van der Waals surface area contributed by atoms with Crippen LogP contribution in [0.2, 0.25) is 0 Å². The molecule has 0 heterocycles. The van der Waals surface area contributed by atoms with Crippen molar-refractivity contribution in [3.63, 3.8) is 0 Å². The van der Waals surface area contributed by atoms with Gasteiger partial charge in [0.05, 0.1) is 12.5 Å². The van der Waals surface area contributed by atoms with E-state index in [2.05, 4.69) is 0 Å². The molecule has 0 radical (unpaired) electrons. The fraction of sp³-hybridized carbons (Fsp3) is 0.500. The Bertz CT molecular complexity index is 1150. The molecule has 2 aromatic carbocycles. The van der Waals surface area contributed by atoms with Crippen LogP contribution in [-0.2, 0) is 4.79 Å². The molecule has 0 aliphatic heterocycles. The van der Waals surface area contributed by atoms with Crippen LogP contribution in [-0.4, -0.2) is 19.3 Å². The summed E-state index contributed by atoms with van der Waals surface area (Å²) in [5.74, 6) is -5.90. The smallest absolute Gasteiger partial charge is 0.314 e. The van der Waals surface area contributed by atoms with Gasteiger partial charge in [0.2, 0.25) is 11.6 Å². The largest absolute Gasteiger partial charge is 0.491 e. The maximum absolute atomic E-state index is 14.8. The molecule has 2 fully saturated rings. The molecule has 2 aliphatic rings. The third kappa shape index (κ3) is 6.21. The highest BCUT2D eigenvalue weighted by atomic mass is 19.2. The van der Waals surface area contributed by atoms with Crippen molar-refractivity contribution in [2.24, 2.45) is 23.7 Å². The maximum Gasteiger partial charge on any atom is 0.314 e. The minimum Gasteiger partial charge on any atom is -0.491 e. The van der Waals surface area contributed by atoms with Crippen molar-refractivity contribution in [1.82, 2.24) is 0 Å². The first-order valence-electron chi connectivity index (χ1n) is 13.4. The molecule has 0 saturated heterocycles. The number of alkyl halides is 1. The van der Waals surface area contributed by atoms with Gasteiger partial charge >= 0.3 is 5.97 Å². The Morgan fingerprint density at radius 2 is 1.32 bits per heavy atom. The van der Waals surface area contributed by atoms with Gasteiger partial charge in [-0.1, -0.05) is 12.2 Å². The molecule has 38 heavy (non-hydrogen) atoms. The summed E-state index contributed by atoms with van der Waals surface area (Å²) in [7, 11) is 0. The van der Waals surface area contributed by atoms with E-state index < -0.39 is 58.7 Å². The van der Waals surface area contributed by atoms with Crippen molar-refractivity contribution < 1.29 is 36.2 Å². The molecule has 8 heteroatoms. The molecule has 0 aromatic heterocycles. The molecule has 2 aromatic rings. The Morgan fingerprint density at radius 1 is 0.789 bits per heavy atom. The van der Waals surface area contributed by atoms with Gasteiger partial charge in [-0.15, -0.1) is 0 Å². The Morgan fingerprint density at radius 3 is 1.87 bits per heavy atom. The summed E-state index contributed by atoms with van der Waals surface area (Å²) in [5.41, 5.74) is -0.955. The zero-order chi connectivity index (χ0) is 27.2. The van der Waals surface area contributed by atoms with Crippen LogP contribution in [0.1, 0.15) is 58.3 Å². The molecule has 3 nitrogen and oxygen atoms in total. The minimum atomic E-state index is -1.43. The van der Waals surface area contributed by atoms with Crippen LogP contribution in [0.25, 0.3) is 11.1 Å². The Kier molecular flexibility index (Phi) is 9.44. The van der Waals surface area contributed by atoms with E-state index in [1.54, 1.807) is 13.0 Å². The summed E-state index contributed by atoms with van der Waals surface area (Å²) >= 11 is 0. The van der Waals surface area contributed by atoms with Crippen molar-refractivity contribution in [2.45, 2.75) is 58.3 Å². The van der Waals surface area contributed by atoms with Crippen LogP contribution < -0.4 is 9.47 Å². The number of ether oxygens (including phenoxy) is 2. The summed E-state index contributed by atoms with van der Waals surface area (Å²) in [5, 5.41) is 0. The molecule has 2 aliphatic carbocycles. The van der Waals surface area contributed by atoms with E-state index in [4.69, 9.17) is 9.47 Å². The lowest BCUT2D eigenvalue weighted by Crippen LogP contribution is -2.30. The van der Waals surface area contributed by atoms with Gasteiger partial charge in [0.25, 0.3) is 0 Å². The zero-order valence-electron chi connectivity index (χ0n) is 21.5. The number of hydrogen-bond donors (Lipinski definition) is 0. The van der Waals surface area contributed by atoms with Crippen molar-refractivity contribution in [2.75, 3.05) is 13.3 Å². The average Bonchev–Trinajstić information content (AvgIpc) is 2.94. The molecule has 0 N–H and O–H groups in total. The SMILES string of the molecule is CCOc1ccc(-c2ccc(OC(=O)C3CCC(C4CCC(C=CCF)CC4)CC3)c(F)c2F)c(F)c1F. The quantitative estimate of drug-likeness (QED) is 0.147. The van der Waals surface area contributed by atoms with Gasteiger partial charge in [0.15, 0.2) is 23.1 Å². The van der Waals surface area contributed by atoms with Crippen molar-refractivity contribution in [1.29, 1.82) is 0 Å². The first-order chi connectivity index (χ1) is 18.3. The second-order valence-electron chi connectivity index (χ2n) is 10.2. The van der Waals surface area contributed by atoms with E-state index in [0.717, 1.165) is 62.8 Å². The Hall–Kier alpha value is -2.90. The van der Waals surface area contributed by atoms with E-state index in [1.807, 2.05) is 6.08 Å². The van der Waals surface area contributed by atoms with Gasteiger partial charge in [-0.05, 0) is 100 Å². The summed E-state index contributed by atoms with van der Waals surface area (Å²) in [6.07, 6.45) is 10.8. The summed E-state index contributed by atoms with van der Waals surface area (Å²) < 4.78 is 81.0. The lowest BCUT2D eigenvalue weighted by atomic mass is 9.69. The molecule has 0 amide bonds. The first kappa shape index (κ1) is 28.1. The van der Waals surface area contributed by atoms with Gasteiger partial charge in [-0.3, -0.25) is 4.79 Å². The second kappa shape index (κ2) is 12.8. The molecule has 2 saturated carbocycles. The fourth-order valence-corrected chi connectivity index (χ4v) is 5.90. The van der Waals surface area contributed by atoms with Gasteiger partial charge in [0, 0.05) is 11.1 Å². The van der Waals surface area contributed by atoms with E-state index in [9.17, 15) is 26.7 Å². The number of rotatable bonds is 8. The predicted octanol–water partition coefficient (Wildman–Crippen LogP) is 8.35. The number of benzene rings is 2. The zero-order valence-corrected chi connectivity index (χ0v) is 21.5. The predicted molar refractivity (Wildman–Crippen MR) is 135 cm³/mol. The summed E-state index contributed by atoms with van der Waals surface area (Å²) in [6, 6.07) is 4.38. The molecule has 0 unspecified atom stereocenters. The van der Waals surface area contributed by atoms with Crippen LogP contribution in [0, 0.1) is 46.9 Å². The molecule has 0 spiro atoms. The number of hydrogen-bond acceptors (Lipinski definition) is 3. The molecule has 0 atom stereocenters. The number of esters is 1. The standard InChI is InChI=1S/C30H33F5O3/c1-2-37-24-15-13-22(26(32)28(24)34)23-14-16-25(29(35)27(23)33)38-30(36)21-11-9-20(10-12-21)19-7-5-18(6-8-19)4-3-17-31/h3-4,13-16,18-21H,2,5-12,17H2,1H3. The van der Waals surface area contributed by atoms with Crippen LogP contribution in [0.5, 0.6) is 11.5 Å². The van der Waals surface area contributed by atoms with Gasteiger partial charge < -0.3 is 9.47 Å². The molecule has 4 rings (SSSR count). The molecular formula is C30H33F5O3. The van der Waals surface area contributed by atoms with Crippen molar-refractivity contribution in [3.8, 4) is 22.6 Å². The normalized spacial score (nSPS) is 23.9. The Balaban J connectivity index is 1.35. The maximum atomic E-state index is 14.8. The lowest BCUT2D eigenvalue weighted by Gasteiger charge is -2.36. The highest BCUT2D eigenvalue weighted by Crippen LogP contribution is 2.42. The van der Waals surface area contributed by atoms with Crippen LogP contribution >= 0.6 is 0 Å². The van der Waals surface area contributed by atoms with E-state index in [1.165, 1.54) is 0 Å². The van der Waals surface area contributed by atoms with Crippen molar-refractivity contribution >= 4 is 5.97 Å². The highest BCUT2D eigenvalue weighted by molar-refractivity contribution is 5.76. The number of allylic oxidation sites excluding steroid dienone is 2. The average molecular weight is 537 g/mol. The fourth-order valence-electron chi connectivity index (χ4n) is 5.90. The minimum absolute atomic E-state index is 0.113. The summed E-state index contributed by atoms with van der Waals surface area (Å²) in [4.78, 5) is 12.7. The number of halogens is 5.